The van der Waals surface area contributed by atoms with Crippen molar-refractivity contribution in [1.82, 2.24) is 24.2 Å². The van der Waals surface area contributed by atoms with Gasteiger partial charge in [0, 0.05) is 56.6 Å². The van der Waals surface area contributed by atoms with Gasteiger partial charge in [-0.15, -0.1) is 5.10 Å². The molecule has 222 valence electrons. The van der Waals surface area contributed by atoms with E-state index in [4.69, 9.17) is 23.2 Å². The fraction of sp³-hybridized carbons (Fsp3) is 0.357. The van der Waals surface area contributed by atoms with Crippen molar-refractivity contribution in [3.8, 4) is 0 Å². The number of carboxylic acid groups (broad SMARTS) is 1. The number of halogens is 3. The van der Waals surface area contributed by atoms with E-state index in [1.807, 2.05) is 17.9 Å². The number of pyridine rings is 1. The SMILES string of the molecule is CCn1cc(C(=O)O)c(=O)c2cc(F)c(N3CCN(CC(O)CSc4ncn(Cc5ccc(Cl)c(Cl)c5)n4)CC3)cc21. The maximum Gasteiger partial charge on any atom is 0.341 e. The van der Waals surface area contributed by atoms with E-state index < -0.39 is 23.3 Å². The average molecular weight is 636 g/mol. The molecule has 1 unspecified atom stereocenters. The lowest BCUT2D eigenvalue weighted by Gasteiger charge is -2.37. The largest absolute Gasteiger partial charge is 0.477 e. The Bertz CT molecular complexity index is 1670. The fourth-order valence-electron chi connectivity index (χ4n) is 4.99. The van der Waals surface area contributed by atoms with Gasteiger partial charge < -0.3 is 19.7 Å². The van der Waals surface area contributed by atoms with Crippen LogP contribution in [0.5, 0.6) is 0 Å². The van der Waals surface area contributed by atoms with Gasteiger partial charge in [0.25, 0.3) is 0 Å². The van der Waals surface area contributed by atoms with E-state index in [2.05, 4.69) is 15.0 Å². The molecule has 0 aliphatic carbocycles. The first-order chi connectivity index (χ1) is 20.1. The van der Waals surface area contributed by atoms with Crippen LogP contribution in [-0.4, -0.2) is 85.0 Å². The molecular weight excluding hydrogens is 606 g/mol. The summed E-state index contributed by atoms with van der Waals surface area (Å²) >= 11 is 13.4. The highest BCUT2D eigenvalue weighted by molar-refractivity contribution is 7.99. The number of aliphatic hydroxyl groups is 1. The first-order valence-electron chi connectivity index (χ1n) is 13.3. The second kappa shape index (κ2) is 13.0. The topological polar surface area (TPSA) is 117 Å². The Morgan fingerprint density at radius 1 is 1.14 bits per heavy atom. The Labute approximate surface area is 255 Å². The number of carboxylic acids is 1. The molecule has 2 aromatic heterocycles. The van der Waals surface area contributed by atoms with Crippen LogP contribution < -0.4 is 10.3 Å². The van der Waals surface area contributed by atoms with E-state index in [-0.39, 0.29) is 10.9 Å². The van der Waals surface area contributed by atoms with Crippen molar-refractivity contribution in [2.45, 2.75) is 31.3 Å². The lowest BCUT2D eigenvalue weighted by molar-refractivity contribution is 0.0694. The summed E-state index contributed by atoms with van der Waals surface area (Å²) in [5.74, 6) is -1.49. The number of aryl methyl sites for hydroxylation is 1. The van der Waals surface area contributed by atoms with E-state index in [1.165, 1.54) is 18.0 Å². The first kappa shape index (κ1) is 30.3. The Morgan fingerprint density at radius 2 is 1.90 bits per heavy atom. The zero-order valence-corrected chi connectivity index (χ0v) is 25.0. The molecule has 1 aliphatic heterocycles. The molecule has 1 atom stereocenters. The average Bonchev–Trinajstić information content (AvgIpc) is 3.41. The number of nitrogens with zero attached hydrogens (tertiary/aromatic N) is 6. The summed E-state index contributed by atoms with van der Waals surface area (Å²) in [6.45, 7) is 5.52. The van der Waals surface area contributed by atoms with Crippen LogP contribution in [0.15, 0.2) is 52.8 Å². The third-order valence-corrected chi connectivity index (χ3v) is 8.89. The number of hydrogen-bond acceptors (Lipinski definition) is 8. The van der Waals surface area contributed by atoms with E-state index >= 15 is 4.39 Å². The van der Waals surface area contributed by atoms with Gasteiger partial charge in [-0.1, -0.05) is 41.0 Å². The zero-order chi connectivity index (χ0) is 30.0. The van der Waals surface area contributed by atoms with Crippen LogP contribution in [0.4, 0.5) is 10.1 Å². The number of anilines is 1. The van der Waals surface area contributed by atoms with Crippen LogP contribution in [0.1, 0.15) is 22.8 Å². The quantitative estimate of drug-likeness (QED) is 0.249. The van der Waals surface area contributed by atoms with Gasteiger partial charge in [0.05, 0.1) is 33.9 Å². The molecule has 5 rings (SSSR count). The van der Waals surface area contributed by atoms with Gasteiger partial charge in [-0.25, -0.2) is 18.9 Å². The number of benzene rings is 2. The predicted octanol–water partition coefficient (Wildman–Crippen LogP) is 4.08. The van der Waals surface area contributed by atoms with Gasteiger partial charge in [-0.2, -0.15) is 0 Å². The van der Waals surface area contributed by atoms with E-state index in [0.717, 1.165) is 11.6 Å². The first-order valence-corrected chi connectivity index (χ1v) is 15.1. The molecule has 2 N–H and O–H groups in total. The molecule has 2 aromatic carbocycles. The monoisotopic (exact) mass is 634 g/mol. The fourth-order valence-corrected chi connectivity index (χ4v) is 6.05. The van der Waals surface area contributed by atoms with E-state index in [0.29, 0.717) is 78.0 Å². The van der Waals surface area contributed by atoms with Crippen molar-refractivity contribution >= 4 is 57.5 Å². The van der Waals surface area contributed by atoms with Gasteiger partial charge in [-0.3, -0.25) is 9.69 Å². The lowest BCUT2D eigenvalue weighted by Crippen LogP contribution is -2.49. The van der Waals surface area contributed by atoms with E-state index in [1.54, 1.807) is 33.8 Å². The number of fused-ring (bicyclic) bond motifs is 1. The van der Waals surface area contributed by atoms with E-state index in [9.17, 15) is 19.8 Å². The van der Waals surface area contributed by atoms with Crippen molar-refractivity contribution in [2.75, 3.05) is 43.4 Å². The number of β-amino-alcohol motifs (C(OH)–C–C–N with tert-alkyl or cyclic N) is 1. The van der Waals surface area contributed by atoms with Gasteiger partial charge in [0.2, 0.25) is 10.6 Å². The Morgan fingerprint density at radius 3 is 2.60 bits per heavy atom. The van der Waals surface area contributed by atoms with Gasteiger partial charge >= 0.3 is 5.97 Å². The van der Waals surface area contributed by atoms with Crippen molar-refractivity contribution in [3.63, 3.8) is 0 Å². The summed E-state index contributed by atoms with van der Waals surface area (Å²) in [6.07, 6.45) is 2.33. The van der Waals surface area contributed by atoms with Crippen LogP contribution in [-0.2, 0) is 13.1 Å². The van der Waals surface area contributed by atoms with Crippen LogP contribution in [0.2, 0.25) is 10.0 Å². The molecule has 3 heterocycles. The number of rotatable bonds is 10. The zero-order valence-electron chi connectivity index (χ0n) is 22.7. The highest BCUT2D eigenvalue weighted by Gasteiger charge is 2.24. The Hall–Kier alpha value is -3.16. The van der Waals surface area contributed by atoms with Crippen LogP contribution in [0, 0.1) is 5.82 Å². The lowest BCUT2D eigenvalue weighted by atomic mass is 10.1. The maximum absolute atomic E-state index is 15.2. The van der Waals surface area contributed by atoms with Crippen molar-refractivity contribution in [3.05, 3.63) is 80.1 Å². The summed E-state index contributed by atoms with van der Waals surface area (Å²) in [5, 5.41) is 26.1. The van der Waals surface area contributed by atoms with Crippen LogP contribution in [0.25, 0.3) is 10.9 Å². The summed E-state index contributed by atoms with van der Waals surface area (Å²) in [5.41, 5.74) is 0.727. The predicted molar refractivity (Wildman–Crippen MR) is 162 cm³/mol. The minimum absolute atomic E-state index is 0.0472. The summed E-state index contributed by atoms with van der Waals surface area (Å²) in [6, 6.07) is 8.16. The summed E-state index contributed by atoms with van der Waals surface area (Å²) < 4.78 is 18.5. The molecule has 4 aromatic rings. The molecule has 14 heteroatoms. The number of aliphatic hydroxyl groups excluding tert-OH is 1. The second-order valence-electron chi connectivity index (χ2n) is 10.0. The normalized spacial score (nSPS) is 14.9. The second-order valence-corrected chi connectivity index (χ2v) is 11.8. The number of aromatic nitrogens is 4. The molecule has 0 amide bonds. The molecule has 0 bridgehead atoms. The van der Waals surface area contributed by atoms with Crippen LogP contribution in [0.3, 0.4) is 0 Å². The number of piperazine rings is 1. The highest BCUT2D eigenvalue weighted by Crippen LogP contribution is 2.27. The number of carbonyl (C=O) groups is 1. The minimum atomic E-state index is -1.34. The molecule has 0 spiro atoms. The van der Waals surface area contributed by atoms with Gasteiger partial charge in [0.1, 0.15) is 17.7 Å². The highest BCUT2D eigenvalue weighted by atomic mass is 35.5. The standard InChI is InChI=1S/C28H29Cl2FN6O4S/c1-2-35-14-20(27(40)41)26(39)19-10-23(31)25(11-24(19)35)36-7-5-34(6-8-36)13-18(38)15-42-28-32-16-37(33-28)12-17-3-4-21(29)22(30)9-17/h3-4,9-11,14,16,18,38H,2,5-8,12-13,15H2,1H3,(H,40,41). The van der Waals surface area contributed by atoms with Gasteiger partial charge in [-0.05, 0) is 36.8 Å². The van der Waals surface area contributed by atoms with Gasteiger partial charge in [0.15, 0.2) is 0 Å². The number of thioether (sulfide) groups is 1. The maximum atomic E-state index is 15.2. The Kier molecular flexibility index (Phi) is 9.38. The molecule has 0 radical (unpaired) electrons. The molecular formula is C28H29Cl2FN6O4S. The minimum Gasteiger partial charge on any atom is -0.477 e. The molecule has 1 aliphatic rings. The molecule has 1 saturated heterocycles. The smallest absolute Gasteiger partial charge is 0.341 e. The van der Waals surface area contributed by atoms with Crippen molar-refractivity contribution < 1.29 is 19.4 Å². The third kappa shape index (κ3) is 6.73. The molecule has 1 fully saturated rings. The van der Waals surface area contributed by atoms with Crippen LogP contribution >= 0.6 is 35.0 Å². The molecule has 0 saturated carbocycles. The Balaban J connectivity index is 1.15. The number of hydrogen-bond donors (Lipinski definition) is 2. The molecule has 10 nitrogen and oxygen atoms in total. The van der Waals surface area contributed by atoms with Crippen molar-refractivity contribution in [1.29, 1.82) is 0 Å². The van der Waals surface area contributed by atoms with Crippen molar-refractivity contribution in [2.24, 2.45) is 0 Å². The summed E-state index contributed by atoms with van der Waals surface area (Å²) in [4.78, 5) is 32.5. The summed E-state index contributed by atoms with van der Waals surface area (Å²) in [7, 11) is 0. The third-order valence-electron chi connectivity index (χ3n) is 7.15. The number of aromatic carboxylic acids is 1. The molecule has 42 heavy (non-hydrogen) atoms.